The maximum Gasteiger partial charge on any atom is 0.230 e. The predicted molar refractivity (Wildman–Crippen MR) is 127 cm³/mol. The minimum Gasteiger partial charge on any atom is -0.455 e. The van der Waals surface area contributed by atoms with Crippen LogP contribution in [0.25, 0.3) is 10.9 Å². The normalized spacial score (nSPS) is 12.5. The highest BCUT2D eigenvalue weighted by Crippen LogP contribution is 2.36. The van der Waals surface area contributed by atoms with Crippen molar-refractivity contribution in [3.63, 3.8) is 0 Å². The molecule has 6 nitrogen and oxygen atoms in total. The quantitative estimate of drug-likeness (QED) is 0.428. The lowest BCUT2D eigenvalue weighted by atomic mass is 9.98. The summed E-state index contributed by atoms with van der Waals surface area (Å²) in [5.41, 5.74) is 4.17. The molecule has 164 valence electrons. The number of halogens is 1. The van der Waals surface area contributed by atoms with Crippen molar-refractivity contribution in [2.45, 2.75) is 26.2 Å². The summed E-state index contributed by atoms with van der Waals surface area (Å²) < 4.78 is 6.17. The van der Waals surface area contributed by atoms with Gasteiger partial charge in [0.1, 0.15) is 22.9 Å². The number of ketones is 1. The minimum absolute atomic E-state index is 0.104. The van der Waals surface area contributed by atoms with Crippen LogP contribution in [-0.4, -0.2) is 21.7 Å². The van der Waals surface area contributed by atoms with Crippen molar-refractivity contribution in [2.75, 3.05) is 5.32 Å². The second kappa shape index (κ2) is 8.64. The van der Waals surface area contributed by atoms with Crippen LogP contribution in [0.4, 0.5) is 5.82 Å². The molecule has 0 unspecified atom stereocenters. The van der Waals surface area contributed by atoms with Crippen LogP contribution in [0.1, 0.15) is 22.3 Å². The number of hydrogen-bond acceptors (Lipinski definition) is 5. The minimum atomic E-state index is -0.110. The van der Waals surface area contributed by atoms with E-state index < -0.39 is 0 Å². The Morgan fingerprint density at radius 1 is 1.06 bits per heavy atom. The third-order valence-electron chi connectivity index (χ3n) is 5.66. The van der Waals surface area contributed by atoms with E-state index in [4.69, 9.17) is 16.3 Å². The lowest BCUT2D eigenvalue weighted by Gasteiger charge is -2.13. The molecule has 7 heteroatoms. The molecule has 1 N–H and O–H groups in total. The largest absolute Gasteiger partial charge is 0.455 e. The first-order valence-electron chi connectivity index (χ1n) is 10.6. The Kier molecular flexibility index (Phi) is 5.52. The Morgan fingerprint density at radius 3 is 2.79 bits per heavy atom. The smallest absolute Gasteiger partial charge is 0.230 e. The van der Waals surface area contributed by atoms with Gasteiger partial charge in [-0.25, -0.2) is 4.98 Å². The third kappa shape index (κ3) is 4.30. The molecule has 1 amide bonds. The fourth-order valence-electron chi connectivity index (χ4n) is 4.07. The predicted octanol–water partition coefficient (Wildman–Crippen LogP) is 5.23. The lowest BCUT2D eigenvalue weighted by Crippen LogP contribution is -2.07. The summed E-state index contributed by atoms with van der Waals surface area (Å²) in [4.78, 5) is 33.3. The van der Waals surface area contributed by atoms with Gasteiger partial charge in [-0.2, -0.15) is 0 Å². The summed E-state index contributed by atoms with van der Waals surface area (Å²) in [6.07, 6.45) is 4.14. The summed E-state index contributed by atoms with van der Waals surface area (Å²) >= 11 is 6.10. The second-order valence-electron chi connectivity index (χ2n) is 8.06. The van der Waals surface area contributed by atoms with Crippen molar-refractivity contribution in [3.8, 4) is 11.5 Å². The van der Waals surface area contributed by atoms with Crippen LogP contribution >= 0.6 is 11.6 Å². The number of pyridine rings is 2. The van der Waals surface area contributed by atoms with E-state index >= 15 is 0 Å². The molecule has 1 aliphatic rings. The summed E-state index contributed by atoms with van der Waals surface area (Å²) in [5.74, 6) is 1.64. The number of carbonyl (C=O) groups excluding carboxylic acids is 2. The number of nitrogens with one attached hydrogen (secondary N) is 1. The zero-order chi connectivity index (χ0) is 22.9. The van der Waals surface area contributed by atoms with Gasteiger partial charge in [0.15, 0.2) is 5.75 Å². The first-order valence-corrected chi connectivity index (χ1v) is 10.9. The van der Waals surface area contributed by atoms with Crippen LogP contribution in [0.5, 0.6) is 11.5 Å². The van der Waals surface area contributed by atoms with Crippen LogP contribution < -0.4 is 10.1 Å². The van der Waals surface area contributed by atoms with Gasteiger partial charge in [-0.1, -0.05) is 35.9 Å². The number of fused-ring (bicyclic) bond motifs is 2. The van der Waals surface area contributed by atoms with Gasteiger partial charge >= 0.3 is 0 Å². The summed E-state index contributed by atoms with van der Waals surface area (Å²) in [5, 5.41) is 4.28. The van der Waals surface area contributed by atoms with E-state index in [0.29, 0.717) is 34.3 Å². The number of Topliss-reactive ketones (excluding diaryl/α,β-unsaturated/α-hetero) is 1. The molecule has 0 bridgehead atoms. The molecule has 5 rings (SSSR count). The van der Waals surface area contributed by atoms with Gasteiger partial charge in [0.2, 0.25) is 5.91 Å². The molecule has 0 fully saturated rings. The number of anilines is 1. The highest BCUT2D eigenvalue weighted by atomic mass is 35.5. The van der Waals surface area contributed by atoms with Crippen molar-refractivity contribution in [1.82, 2.24) is 9.97 Å². The van der Waals surface area contributed by atoms with Gasteiger partial charge in [0.25, 0.3) is 0 Å². The number of amides is 1. The average Bonchev–Trinajstić information content (AvgIpc) is 3.19. The topological polar surface area (TPSA) is 81.2 Å². The summed E-state index contributed by atoms with van der Waals surface area (Å²) in [7, 11) is 0. The maximum absolute atomic E-state index is 12.8. The standard InChI is InChI=1S/C26H20ClN3O3/c1-15-11-16(4-6-21(15)27)12-18(31)13-17-5-7-23(25-19(17)3-2-9-28-25)33-22-8-10-29-26-20(22)14-24(32)30-26/h2-11H,12-14H2,1H3,(H,29,30,32). The SMILES string of the molecule is Cc1cc(CC(=O)Cc2ccc(Oc3ccnc4c3CC(=O)N4)c3ncccc23)ccc1Cl. The number of carbonyl (C=O) groups is 2. The number of benzene rings is 2. The van der Waals surface area contributed by atoms with Crippen molar-refractivity contribution in [1.29, 1.82) is 0 Å². The molecule has 1 aliphatic heterocycles. The first kappa shape index (κ1) is 21.1. The van der Waals surface area contributed by atoms with E-state index in [9.17, 15) is 9.59 Å². The number of rotatable bonds is 6. The fourth-order valence-corrected chi connectivity index (χ4v) is 4.18. The number of hydrogen-bond donors (Lipinski definition) is 1. The molecule has 0 saturated carbocycles. The zero-order valence-corrected chi connectivity index (χ0v) is 18.6. The molecule has 0 atom stereocenters. The maximum atomic E-state index is 12.8. The van der Waals surface area contributed by atoms with E-state index in [1.165, 1.54) is 0 Å². The molecular weight excluding hydrogens is 438 g/mol. The van der Waals surface area contributed by atoms with Gasteiger partial charge in [-0.3, -0.25) is 14.6 Å². The molecular formula is C26H20ClN3O3. The zero-order valence-electron chi connectivity index (χ0n) is 17.9. The van der Waals surface area contributed by atoms with E-state index in [-0.39, 0.29) is 24.5 Å². The van der Waals surface area contributed by atoms with Crippen molar-refractivity contribution >= 4 is 40.0 Å². The monoisotopic (exact) mass is 457 g/mol. The van der Waals surface area contributed by atoms with Crippen molar-refractivity contribution in [3.05, 3.63) is 88.2 Å². The van der Waals surface area contributed by atoms with Crippen LogP contribution in [0, 0.1) is 6.92 Å². The van der Waals surface area contributed by atoms with E-state index in [0.717, 1.165) is 27.6 Å². The number of aryl methyl sites for hydroxylation is 1. The second-order valence-corrected chi connectivity index (χ2v) is 8.47. The van der Waals surface area contributed by atoms with Gasteiger partial charge < -0.3 is 10.1 Å². The molecule has 2 aromatic carbocycles. The van der Waals surface area contributed by atoms with Crippen LogP contribution in [0.15, 0.2) is 60.9 Å². The average molecular weight is 458 g/mol. The number of ether oxygens (including phenoxy) is 1. The van der Waals surface area contributed by atoms with E-state index in [2.05, 4.69) is 15.3 Å². The fraction of sp³-hybridized carbons (Fsp3) is 0.154. The molecule has 0 spiro atoms. The van der Waals surface area contributed by atoms with E-state index in [1.54, 1.807) is 18.5 Å². The Morgan fingerprint density at radius 2 is 1.94 bits per heavy atom. The Balaban J connectivity index is 1.42. The molecule has 0 radical (unpaired) electrons. The Hall–Kier alpha value is -3.77. The summed E-state index contributed by atoms with van der Waals surface area (Å²) in [6.45, 7) is 1.93. The van der Waals surface area contributed by atoms with Crippen molar-refractivity contribution in [2.24, 2.45) is 0 Å². The molecule has 4 aromatic rings. The van der Waals surface area contributed by atoms with Crippen LogP contribution in [0.2, 0.25) is 5.02 Å². The van der Waals surface area contributed by atoms with Crippen LogP contribution in [0.3, 0.4) is 0 Å². The number of aromatic nitrogens is 2. The Labute approximate surface area is 195 Å². The van der Waals surface area contributed by atoms with Crippen LogP contribution in [-0.2, 0) is 28.9 Å². The van der Waals surface area contributed by atoms with E-state index in [1.807, 2.05) is 49.4 Å². The molecule has 0 aliphatic carbocycles. The first-order chi connectivity index (χ1) is 16.0. The van der Waals surface area contributed by atoms with Gasteiger partial charge in [0.05, 0.1) is 6.42 Å². The van der Waals surface area contributed by atoms with Crippen molar-refractivity contribution < 1.29 is 14.3 Å². The Bertz CT molecular complexity index is 1420. The van der Waals surface area contributed by atoms with Gasteiger partial charge in [-0.15, -0.1) is 0 Å². The molecule has 33 heavy (non-hydrogen) atoms. The van der Waals surface area contributed by atoms with Gasteiger partial charge in [-0.05, 0) is 47.9 Å². The van der Waals surface area contributed by atoms with Gasteiger partial charge in [0, 0.05) is 41.2 Å². The highest BCUT2D eigenvalue weighted by molar-refractivity contribution is 6.31. The highest BCUT2D eigenvalue weighted by Gasteiger charge is 2.23. The molecule has 3 heterocycles. The number of nitrogens with zero attached hydrogens (tertiary/aromatic N) is 2. The summed E-state index contributed by atoms with van der Waals surface area (Å²) in [6, 6.07) is 14.9. The molecule has 0 saturated heterocycles. The third-order valence-corrected chi connectivity index (χ3v) is 6.09. The molecule has 2 aromatic heterocycles. The lowest BCUT2D eigenvalue weighted by molar-refractivity contribution is -0.118.